The van der Waals surface area contributed by atoms with E-state index in [9.17, 15) is 4.79 Å². The van der Waals surface area contributed by atoms with E-state index < -0.39 is 0 Å². The predicted molar refractivity (Wildman–Crippen MR) is 140 cm³/mol. The molecule has 1 N–H and O–H groups in total. The Morgan fingerprint density at radius 3 is 2.64 bits per heavy atom. The van der Waals surface area contributed by atoms with Crippen LogP contribution in [-0.4, -0.2) is 35.2 Å². The largest absolute Gasteiger partial charge is 0.495 e. The van der Waals surface area contributed by atoms with Crippen LogP contribution in [0, 0.1) is 5.41 Å². The average molecular weight is 550 g/mol. The molecule has 2 aromatic carbocycles. The van der Waals surface area contributed by atoms with E-state index in [0.29, 0.717) is 42.7 Å². The van der Waals surface area contributed by atoms with Crippen LogP contribution in [0.4, 0.5) is 0 Å². The Kier molecular flexibility index (Phi) is 6.24. The maximum Gasteiger partial charge on any atom is 0.182 e. The Balaban J connectivity index is 1.37. The van der Waals surface area contributed by atoms with Crippen molar-refractivity contribution in [3.05, 3.63) is 80.6 Å². The van der Waals surface area contributed by atoms with E-state index in [1.807, 2.05) is 30.3 Å². The number of aromatic nitrogens is 1. The van der Waals surface area contributed by atoms with Crippen molar-refractivity contribution in [1.82, 2.24) is 9.88 Å². The number of rotatable bonds is 4. The van der Waals surface area contributed by atoms with Crippen LogP contribution in [0.3, 0.4) is 0 Å². The van der Waals surface area contributed by atoms with E-state index in [-0.39, 0.29) is 17.7 Å². The molecular formula is C28H28BrN3O4. The van der Waals surface area contributed by atoms with Gasteiger partial charge in [0.25, 0.3) is 0 Å². The standard InChI is InChI=1S/C28H28BrN3O4/c1-28(2,3)20-8-17(9-21(29)26(20)34-4)23(33)13-32-12-18-10-24-25(11-19(18)27(32)30)36-15-22-16(14-35-24)6-5-7-31-22/h5-11,30H,12-15H2,1-4H3. The number of ketones is 1. The third-order valence-electron chi connectivity index (χ3n) is 6.55. The van der Waals surface area contributed by atoms with E-state index in [1.165, 1.54) is 0 Å². The monoisotopic (exact) mass is 549 g/mol. The number of benzene rings is 2. The first-order valence-electron chi connectivity index (χ1n) is 11.8. The number of amidine groups is 1. The van der Waals surface area contributed by atoms with Crippen molar-refractivity contribution in [1.29, 1.82) is 5.41 Å². The third kappa shape index (κ3) is 4.46. The zero-order chi connectivity index (χ0) is 25.6. The van der Waals surface area contributed by atoms with Gasteiger partial charge in [0.1, 0.15) is 24.8 Å². The topological polar surface area (TPSA) is 84.7 Å². The molecule has 36 heavy (non-hydrogen) atoms. The first-order valence-corrected chi connectivity index (χ1v) is 12.6. The number of hydrogen-bond acceptors (Lipinski definition) is 6. The van der Waals surface area contributed by atoms with Crippen LogP contribution in [0.2, 0.25) is 0 Å². The molecule has 0 atom stereocenters. The summed E-state index contributed by atoms with van der Waals surface area (Å²) in [5, 5.41) is 8.76. The molecule has 8 heteroatoms. The van der Waals surface area contributed by atoms with Gasteiger partial charge in [0.05, 0.1) is 23.8 Å². The van der Waals surface area contributed by atoms with Crippen LogP contribution >= 0.6 is 15.9 Å². The third-order valence-corrected chi connectivity index (χ3v) is 7.14. The lowest BCUT2D eigenvalue weighted by atomic mass is 9.85. The van der Waals surface area contributed by atoms with Crippen LogP contribution in [0.25, 0.3) is 0 Å². The van der Waals surface area contributed by atoms with Gasteiger partial charge in [-0.1, -0.05) is 26.8 Å². The van der Waals surface area contributed by atoms with Crippen LogP contribution in [0.5, 0.6) is 17.2 Å². The lowest BCUT2D eigenvalue weighted by molar-refractivity contribution is 0.0962. The summed E-state index contributed by atoms with van der Waals surface area (Å²) in [7, 11) is 1.63. The van der Waals surface area contributed by atoms with Gasteiger partial charge in [-0.05, 0) is 57.2 Å². The average Bonchev–Trinajstić information content (AvgIpc) is 3.12. The number of hydrogen-bond donors (Lipinski definition) is 1. The lowest BCUT2D eigenvalue weighted by Gasteiger charge is -2.24. The molecule has 0 aliphatic carbocycles. The molecule has 0 saturated carbocycles. The van der Waals surface area contributed by atoms with Crippen LogP contribution in [0.15, 0.2) is 47.1 Å². The molecule has 0 unspecified atom stereocenters. The number of nitrogens with one attached hydrogen (secondary N) is 1. The van der Waals surface area contributed by atoms with Gasteiger partial charge < -0.3 is 19.1 Å². The number of Topliss-reactive ketones (excluding diaryl/α,β-unsaturated/α-hetero) is 1. The number of halogens is 1. The number of pyridine rings is 1. The summed E-state index contributed by atoms with van der Waals surface area (Å²) in [5.41, 5.74) is 4.85. The Hall–Kier alpha value is -3.39. The van der Waals surface area contributed by atoms with Crippen molar-refractivity contribution >= 4 is 27.5 Å². The molecule has 7 nitrogen and oxygen atoms in total. The van der Waals surface area contributed by atoms with Crippen molar-refractivity contribution in [3.8, 4) is 17.2 Å². The molecule has 2 aliphatic heterocycles. The van der Waals surface area contributed by atoms with Gasteiger partial charge in [-0.25, -0.2) is 0 Å². The fourth-order valence-electron chi connectivity index (χ4n) is 4.59. The Bertz CT molecular complexity index is 1380. The molecule has 3 aromatic rings. The maximum absolute atomic E-state index is 13.3. The van der Waals surface area contributed by atoms with Crippen LogP contribution in [-0.2, 0) is 25.2 Å². The zero-order valence-electron chi connectivity index (χ0n) is 20.8. The van der Waals surface area contributed by atoms with Gasteiger partial charge in [-0.3, -0.25) is 15.2 Å². The highest BCUT2D eigenvalue weighted by molar-refractivity contribution is 9.10. The summed E-state index contributed by atoms with van der Waals surface area (Å²) in [4.78, 5) is 19.5. The maximum atomic E-state index is 13.3. The van der Waals surface area contributed by atoms with Gasteiger partial charge in [0.2, 0.25) is 0 Å². The minimum absolute atomic E-state index is 0.0613. The molecule has 5 rings (SSSR count). The van der Waals surface area contributed by atoms with Gasteiger partial charge in [-0.2, -0.15) is 0 Å². The summed E-state index contributed by atoms with van der Waals surface area (Å²) >= 11 is 3.56. The first kappa shape index (κ1) is 24.3. The number of fused-ring (bicyclic) bond motifs is 3. The molecule has 0 bridgehead atoms. The van der Waals surface area contributed by atoms with Gasteiger partial charge in [-0.15, -0.1) is 0 Å². The van der Waals surface area contributed by atoms with Gasteiger partial charge in [0.15, 0.2) is 17.3 Å². The zero-order valence-corrected chi connectivity index (χ0v) is 22.4. The summed E-state index contributed by atoms with van der Waals surface area (Å²) in [6.07, 6.45) is 1.74. The number of carbonyl (C=O) groups excluding carboxylic acids is 1. The number of ether oxygens (including phenoxy) is 3. The highest BCUT2D eigenvalue weighted by atomic mass is 79.9. The molecule has 186 valence electrons. The minimum atomic E-state index is -0.202. The number of carbonyl (C=O) groups is 1. The Morgan fingerprint density at radius 2 is 1.89 bits per heavy atom. The highest BCUT2D eigenvalue weighted by Crippen LogP contribution is 2.39. The summed E-state index contributed by atoms with van der Waals surface area (Å²) in [6, 6.07) is 11.3. The Labute approximate surface area is 219 Å². The molecule has 0 amide bonds. The lowest BCUT2D eigenvalue weighted by Crippen LogP contribution is -2.30. The SMILES string of the molecule is COc1c(Br)cc(C(=O)CN2Cc3cc4c(cc3C2=N)OCc2ncccc2CO4)cc1C(C)(C)C. The molecule has 0 fully saturated rings. The van der Waals surface area contributed by atoms with Crippen molar-refractivity contribution in [2.75, 3.05) is 13.7 Å². The first-order chi connectivity index (χ1) is 17.2. The quantitative estimate of drug-likeness (QED) is 0.423. The molecule has 1 aromatic heterocycles. The van der Waals surface area contributed by atoms with Gasteiger partial charge in [0, 0.05) is 35.0 Å². The summed E-state index contributed by atoms with van der Waals surface area (Å²) < 4.78 is 18.4. The molecule has 0 saturated heterocycles. The molecule has 2 aliphatic rings. The fraction of sp³-hybridized carbons (Fsp3) is 0.321. The van der Waals surface area contributed by atoms with E-state index in [0.717, 1.165) is 38.2 Å². The van der Waals surface area contributed by atoms with E-state index in [4.69, 9.17) is 19.6 Å². The predicted octanol–water partition coefficient (Wildman–Crippen LogP) is 5.65. The van der Waals surface area contributed by atoms with Gasteiger partial charge >= 0.3 is 0 Å². The summed E-state index contributed by atoms with van der Waals surface area (Å²) in [5.74, 6) is 2.19. The second kappa shape index (κ2) is 9.24. The number of methoxy groups -OCH3 is 1. The van der Waals surface area contributed by atoms with E-state index in [1.54, 1.807) is 24.3 Å². The minimum Gasteiger partial charge on any atom is -0.495 e. The normalized spacial score (nSPS) is 14.6. The smallest absolute Gasteiger partial charge is 0.182 e. The fourth-order valence-corrected chi connectivity index (χ4v) is 5.21. The van der Waals surface area contributed by atoms with Crippen molar-refractivity contribution in [2.45, 2.75) is 45.9 Å². The summed E-state index contributed by atoms with van der Waals surface area (Å²) in [6.45, 7) is 7.55. The van der Waals surface area contributed by atoms with Crippen LogP contribution in [0.1, 0.15) is 59.1 Å². The van der Waals surface area contributed by atoms with E-state index >= 15 is 0 Å². The van der Waals surface area contributed by atoms with E-state index in [2.05, 4.69) is 41.7 Å². The molecular weight excluding hydrogens is 522 g/mol. The Morgan fingerprint density at radius 1 is 1.14 bits per heavy atom. The second-order valence-corrected chi connectivity index (χ2v) is 10.9. The molecule has 3 heterocycles. The molecule has 0 spiro atoms. The number of nitrogens with zero attached hydrogens (tertiary/aromatic N) is 2. The second-order valence-electron chi connectivity index (χ2n) is 10.1. The van der Waals surface area contributed by atoms with Crippen molar-refractivity contribution in [2.24, 2.45) is 0 Å². The van der Waals surface area contributed by atoms with Crippen molar-refractivity contribution in [3.63, 3.8) is 0 Å². The molecule has 0 radical (unpaired) electrons. The highest BCUT2D eigenvalue weighted by Gasteiger charge is 2.30. The van der Waals surface area contributed by atoms with Crippen LogP contribution < -0.4 is 14.2 Å². The van der Waals surface area contributed by atoms with Crippen molar-refractivity contribution < 1.29 is 19.0 Å².